The number of nitrogens with one attached hydrogen (secondary N) is 1. The lowest BCUT2D eigenvalue weighted by Crippen LogP contribution is -2.31. The van der Waals surface area contributed by atoms with Crippen LogP contribution in [0.2, 0.25) is 0 Å². The van der Waals surface area contributed by atoms with Crippen LogP contribution >= 0.6 is 0 Å². The lowest BCUT2D eigenvalue weighted by Gasteiger charge is -2.16. The van der Waals surface area contributed by atoms with Crippen LogP contribution in [0.1, 0.15) is 46.3 Å². The summed E-state index contributed by atoms with van der Waals surface area (Å²) in [7, 11) is 0. The molecule has 110 valence electrons. The standard InChI is InChI=1S/C16H18N2O3/c19-10-13(11-6-2-1-3-7-11)17-16(20)15-12-8-4-5-9-14(12)21-18-15/h1-3,6-7,13,19H,4-5,8-10H2,(H,17,20)/t13-/m1/s1. The molecule has 1 heterocycles. The van der Waals surface area contributed by atoms with Crippen molar-refractivity contribution in [3.05, 3.63) is 52.9 Å². The normalized spacial score (nSPS) is 15.3. The van der Waals surface area contributed by atoms with Crippen molar-refractivity contribution in [1.82, 2.24) is 10.5 Å². The molecule has 0 fully saturated rings. The summed E-state index contributed by atoms with van der Waals surface area (Å²) in [4.78, 5) is 12.4. The van der Waals surface area contributed by atoms with Crippen molar-refractivity contribution in [2.24, 2.45) is 0 Å². The minimum Gasteiger partial charge on any atom is -0.394 e. The minimum atomic E-state index is -0.436. The number of amides is 1. The Morgan fingerprint density at radius 1 is 1.29 bits per heavy atom. The SMILES string of the molecule is O=C(N[C@H](CO)c1ccccc1)c1noc2c1CCCC2. The highest BCUT2D eigenvalue weighted by Gasteiger charge is 2.25. The van der Waals surface area contributed by atoms with E-state index in [4.69, 9.17) is 4.52 Å². The van der Waals surface area contributed by atoms with Gasteiger partial charge in [0.2, 0.25) is 0 Å². The first-order chi connectivity index (χ1) is 10.3. The van der Waals surface area contributed by atoms with Crippen LogP contribution in [0.4, 0.5) is 0 Å². The molecule has 0 saturated heterocycles. The Bertz CT molecular complexity index is 622. The van der Waals surface area contributed by atoms with E-state index in [1.807, 2.05) is 30.3 Å². The summed E-state index contributed by atoms with van der Waals surface area (Å²) in [6, 6.07) is 8.96. The highest BCUT2D eigenvalue weighted by atomic mass is 16.5. The fourth-order valence-electron chi connectivity index (χ4n) is 2.71. The van der Waals surface area contributed by atoms with E-state index < -0.39 is 6.04 Å². The highest BCUT2D eigenvalue weighted by Crippen LogP contribution is 2.24. The van der Waals surface area contributed by atoms with E-state index in [1.165, 1.54) is 0 Å². The van der Waals surface area contributed by atoms with Gasteiger partial charge in [0, 0.05) is 12.0 Å². The van der Waals surface area contributed by atoms with Gasteiger partial charge in [-0.1, -0.05) is 35.5 Å². The lowest BCUT2D eigenvalue weighted by atomic mass is 9.96. The summed E-state index contributed by atoms with van der Waals surface area (Å²) in [5.74, 6) is 0.538. The number of aliphatic hydroxyl groups excluding tert-OH is 1. The zero-order valence-corrected chi connectivity index (χ0v) is 11.7. The molecule has 5 heteroatoms. The Morgan fingerprint density at radius 3 is 2.81 bits per heavy atom. The Hall–Kier alpha value is -2.14. The number of aliphatic hydroxyl groups is 1. The molecular weight excluding hydrogens is 268 g/mol. The van der Waals surface area contributed by atoms with Gasteiger partial charge >= 0.3 is 0 Å². The number of benzene rings is 1. The van der Waals surface area contributed by atoms with Crippen LogP contribution in [-0.4, -0.2) is 22.8 Å². The molecule has 1 aliphatic carbocycles. The second-order valence-corrected chi connectivity index (χ2v) is 5.26. The first-order valence-electron chi connectivity index (χ1n) is 7.23. The number of carbonyl (C=O) groups excluding carboxylic acids is 1. The Balaban J connectivity index is 1.78. The first kappa shape index (κ1) is 13.8. The van der Waals surface area contributed by atoms with Gasteiger partial charge in [-0.2, -0.15) is 0 Å². The Labute approximate surface area is 123 Å². The van der Waals surface area contributed by atoms with E-state index in [9.17, 15) is 9.90 Å². The molecule has 0 unspecified atom stereocenters. The van der Waals surface area contributed by atoms with E-state index in [0.29, 0.717) is 5.69 Å². The van der Waals surface area contributed by atoms with E-state index in [-0.39, 0.29) is 12.5 Å². The van der Waals surface area contributed by atoms with Crippen LogP contribution in [0.15, 0.2) is 34.9 Å². The van der Waals surface area contributed by atoms with Gasteiger partial charge in [-0.15, -0.1) is 0 Å². The van der Waals surface area contributed by atoms with Crippen LogP contribution in [0.5, 0.6) is 0 Å². The number of hydrogen-bond acceptors (Lipinski definition) is 4. The molecule has 3 rings (SSSR count). The van der Waals surface area contributed by atoms with Crippen LogP contribution in [0.3, 0.4) is 0 Å². The van der Waals surface area contributed by atoms with Crippen LogP contribution < -0.4 is 5.32 Å². The van der Waals surface area contributed by atoms with Gasteiger partial charge in [0.15, 0.2) is 5.69 Å². The number of fused-ring (bicyclic) bond motifs is 1. The zero-order valence-electron chi connectivity index (χ0n) is 11.7. The van der Waals surface area contributed by atoms with Crippen LogP contribution in [0.25, 0.3) is 0 Å². The molecule has 1 amide bonds. The number of nitrogens with zero attached hydrogens (tertiary/aromatic N) is 1. The van der Waals surface area contributed by atoms with Gasteiger partial charge in [-0.25, -0.2) is 0 Å². The predicted octanol–water partition coefficient (Wildman–Crippen LogP) is 2.02. The highest BCUT2D eigenvalue weighted by molar-refractivity contribution is 5.94. The average molecular weight is 286 g/mol. The smallest absolute Gasteiger partial charge is 0.274 e. The third kappa shape index (κ3) is 2.83. The number of rotatable bonds is 4. The van der Waals surface area contributed by atoms with Crippen molar-refractivity contribution in [2.45, 2.75) is 31.7 Å². The van der Waals surface area contributed by atoms with Gasteiger partial charge in [0.05, 0.1) is 12.6 Å². The van der Waals surface area contributed by atoms with Gasteiger partial charge in [0.1, 0.15) is 5.76 Å². The van der Waals surface area contributed by atoms with Crippen molar-refractivity contribution in [3.8, 4) is 0 Å². The number of hydrogen-bond donors (Lipinski definition) is 2. The van der Waals surface area contributed by atoms with Gasteiger partial charge in [0.25, 0.3) is 5.91 Å². The van der Waals surface area contributed by atoms with E-state index in [1.54, 1.807) is 0 Å². The lowest BCUT2D eigenvalue weighted by molar-refractivity contribution is 0.0906. The molecule has 1 aromatic carbocycles. The summed E-state index contributed by atoms with van der Waals surface area (Å²) < 4.78 is 5.26. The molecule has 0 bridgehead atoms. The first-order valence-corrected chi connectivity index (χ1v) is 7.23. The van der Waals surface area contributed by atoms with Crippen molar-refractivity contribution < 1.29 is 14.4 Å². The van der Waals surface area contributed by atoms with E-state index in [2.05, 4.69) is 10.5 Å². The van der Waals surface area contributed by atoms with Crippen LogP contribution in [-0.2, 0) is 12.8 Å². The molecule has 1 aromatic heterocycles. The molecule has 0 radical (unpaired) electrons. The molecule has 2 N–H and O–H groups in total. The van der Waals surface area contributed by atoms with Gasteiger partial charge in [-0.05, 0) is 24.8 Å². The number of aromatic nitrogens is 1. The topological polar surface area (TPSA) is 75.4 Å². The second kappa shape index (κ2) is 6.10. The fraction of sp³-hybridized carbons (Fsp3) is 0.375. The quantitative estimate of drug-likeness (QED) is 0.901. The van der Waals surface area contributed by atoms with Gasteiger partial charge < -0.3 is 14.9 Å². The van der Waals surface area contributed by atoms with E-state index >= 15 is 0 Å². The monoisotopic (exact) mass is 286 g/mol. The maximum Gasteiger partial charge on any atom is 0.274 e. The molecular formula is C16H18N2O3. The van der Waals surface area contributed by atoms with E-state index in [0.717, 1.165) is 42.6 Å². The maximum absolute atomic E-state index is 12.4. The zero-order chi connectivity index (χ0) is 14.7. The summed E-state index contributed by atoms with van der Waals surface area (Å²) in [6.45, 7) is -0.157. The number of aryl methyl sites for hydroxylation is 1. The summed E-state index contributed by atoms with van der Waals surface area (Å²) in [6.07, 6.45) is 3.80. The summed E-state index contributed by atoms with van der Waals surface area (Å²) in [5, 5.41) is 16.2. The molecule has 21 heavy (non-hydrogen) atoms. The predicted molar refractivity (Wildman–Crippen MR) is 76.9 cm³/mol. The molecule has 2 aromatic rings. The molecule has 0 aliphatic heterocycles. The largest absolute Gasteiger partial charge is 0.394 e. The van der Waals surface area contributed by atoms with Gasteiger partial charge in [-0.3, -0.25) is 4.79 Å². The molecule has 1 aliphatic rings. The Kier molecular flexibility index (Phi) is 4.01. The summed E-state index contributed by atoms with van der Waals surface area (Å²) in [5.41, 5.74) is 2.15. The molecule has 0 saturated carbocycles. The van der Waals surface area contributed by atoms with Crippen molar-refractivity contribution >= 4 is 5.91 Å². The molecule has 5 nitrogen and oxygen atoms in total. The molecule has 1 atom stereocenters. The van der Waals surface area contributed by atoms with Crippen molar-refractivity contribution in [2.75, 3.05) is 6.61 Å². The third-order valence-electron chi connectivity index (χ3n) is 3.86. The average Bonchev–Trinajstić information content (AvgIpc) is 2.97. The fourth-order valence-corrected chi connectivity index (χ4v) is 2.71. The minimum absolute atomic E-state index is 0.157. The van der Waals surface area contributed by atoms with Crippen LogP contribution in [0, 0.1) is 0 Å². The van der Waals surface area contributed by atoms with Crippen molar-refractivity contribution in [3.63, 3.8) is 0 Å². The summed E-state index contributed by atoms with van der Waals surface area (Å²) >= 11 is 0. The second-order valence-electron chi connectivity index (χ2n) is 5.26. The third-order valence-corrected chi connectivity index (χ3v) is 3.86. The van der Waals surface area contributed by atoms with Crippen molar-refractivity contribution in [1.29, 1.82) is 0 Å². The number of carbonyl (C=O) groups is 1. The maximum atomic E-state index is 12.4. The Morgan fingerprint density at radius 2 is 2.05 bits per heavy atom. The molecule has 0 spiro atoms.